The number of rotatable bonds is 2. The van der Waals surface area contributed by atoms with E-state index in [4.69, 9.17) is 19.9 Å². The van der Waals surface area contributed by atoms with Gasteiger partial charge in [0.1, 0.15) is 0 Å². The smallest absolute Gasteiger partial charge is 0.411 e. The minimum absolute atomic E-state index is 0.161. The fourth-order valence-corrected chi connectivity index (χ4v) is 1.42. The summed E-state index contributed by atoms with van der Waals surface area (Å²) in [7, 11) is 0. The van der Waals surface area contributed by atoms with Crippen molar-refractivity contribution in [3.63, 3.8) is 0 Å². The van der Waals surface area contributed by atoms with Crippen molar-refractivity contribution in [3.8, 4) is 11.5 Å². The summed E-state index contributed by atoms with van der Waals surface area (Å²) in [5.74, 6) is 1.13. The molecule has 6 nitrogen and oxygen atoms in total. The van der Waals surface area contributed by atoms with Crippen LogP contribution in [0, 0.1) is 0 Å². The third-order valence-corrected chi connectivity index (χ3v) is 2.12. The summed E-state index contributed by atoms with van der Waals surface area (Å²) in [5, 5.41) is 2.55. The minimum atomic E-state index is -0.550. The van der Waals surface area contributed by atoms with Gasteiger partial charge in [-0.3, -0.25) is 5.32 Å². The molecule has 0 saturated carbocycles. The minimum Gasteiger partial charge on any atom is -0.454 e. The molecule has 92 valence electrons. The molecule has 6 heteroatoms. The van der Waals surface area contributed by atoms with Crippen molar-refractivity contribution in [2.75, 3.05) is 17.8 Å². The molecule has 17 heavy (non-hydrogen) atoms. The highest BCUT2D eigenvalue weighted by Crippen LogP contribution is 2.38. The number of carbonyl (C=O) groups excluding carboxylic acids is 1. The standard InChI is InChI=1S/C11H14N2O4/c1-6(2)17-11(14)13-8-4-10-9(3-7(8)12)15-5-16-10/h3-4,6H,5,12H2,1-2H3,(H,13,14). The zero-order chi connectivity index (χ0) is 12.4. The van der Waals surface area contributed by atoms with Gasteiger partial charge < -0.3 is 19.9 Å². The summed E-state index contributed by atoms with van der Waals surface area (Å²) in [6.07, 6.45) is -0.740. The fourth-order valence-electron chi connectivity index (χ4n) is 1.42. The number of hydrogen-bond donors (Lipinski definition) is 2. The van der Waals surface area contributed by atoms with Gasteiger partial charge in [-0.15, -0.1) is 0 Å². The highest BCUT2D eigenvalue weighted by Gasteiger charge is 2.17. The van der Waals surface area contributed by atoms with Crippen LogP contribution in [-0.4, -0.2) is 19.0 Å². The van der Waals surface area contributed by atoms with Gasteiger partial charge in [-0.25, -0.2) is 4.79 Å². The van der Waals surface area contributed by atoms with Gasteiger partial charge in [-0.1, -0.05) is 0 Å². The van der Waals surface area contributed by atoms with Gasteiger partial charge in [0.25, 0.3) is 0 Å². The van der Waals surface area contributed by atoms with E-state index in [1.54, 1.807) is 26.0 Å². The second-order valence-corrected chi connectivity index (χ2v) is 3.87. The van der Waals surface area contributed by atoms with Gasteiger partial charge in [0.05, 0.1) is 17.5 Å². The van der Waals surface area contributed by atoms with Crippen molar-refractivity contribution >= 4 is 17.5 Å². The lowest BCUT2D eigenvalue weighted by molar-refractivity contribution is 0.130. The molecule has 0 unspecified atom stereocenters. The summed E-state index contributed by atoms with van der Waals surface area (Å²) in [4.78, 5) is 11.4. The van der Waals surface area contributed by atoms with Crippen molar-refractivity contribution in [1.82, 2.24) is 0 Å². The first kappa shape index (κ1) is 11.4. The summed E-state index contributed by atoms with van der Waals surface area (Å²) < 4.78 is 15.3. The Bertz CT molecular complexity index is 445. The van der Waals surface area contributed by atoms with Gasteiger partial charge in [0.15, 0.2) is 11.5 Å². The number of nitrogens with one attached hydrogen (secondary N) is 1. The van der Waals surface area contributed by atoms with Crippen molar-refractivity contribution < 1.29 is 19.0 Å². The number of benzene rings is 1. The largest absolute Gasteiger partial charge is 0.454 e. The number of anilines is 2. The molecule has 0 aromatic heterocycles. The summed E-state index contributed by atoms with van der Waals surface area (Å²) in [5.41, 5.74) is 6.61. The predicted octanol–water partition coefficient (Wildman–Crippen LogP) is 1.95. The molecule has 1 aromatic carbocycles. The first-order chi connectivity index (χ1) is 8.06. The Kier molecular flexibility index (Phi) is 2.95. The van der Waals surface area contributed by atoms with Crippen molar-refractivity contribution in [2.45, 2.75) is 20.0 Å². The highest BCUT2D eigenvalue weighted by atomic mass is 16.7. The number of hydrogen-bond acceptors (Lipinski definition) is 5. The van der Waals surface area contributed by atoms with Crippen molar-refractivity contribution in [2.24, 2.45) is 0 Å². The van der Waals surface area contributed by atoms with Crippen LogP contribution in [0.25, 0.3) is 0 Å². The van der Waals surface area contributed by atoms with Crippen LogP contribution in [0.1, 0.15) is 13.8 Å². The summed E-state index contributed by atoms with van der Waals surface area (Å²) >= 11 is 0. The molecule has 3 N–H and O–H groups in total. The monoisotopic (exact) mass is 238 g/mol. The third-order valence-electron chi connectivity index (χ3n) is 2.12. The van der Waals surface area contributed by atoms with Gasteiger partial charge in [-0.2, -0.15) is 0 Å². The van der Waals surface area contributed by atoms with E-state index >= 15 is 0 Å². The van der Waals surface area contributed by atoms with Crippen LogP contribution >= 0.6 is 0 Å². The van der Waals surface area contributed by atoms with E-state index in [0.717, 1.165) is 0 Å². The van der Waals surface area contributed by atoms with Crippen LogP contribution in [0.15, 0.2) is 12.1 Å². The van der Waals surface area contributed by atoms with Gasteiger partial charge in [-0.05, 0) is 13.8 Å². The van der Waals surface area contributed by atoms with Crippen LogP contribution in [0.2, 0.25) is 0 Å². The Morgan fingerprint density at radius 1 is 1.41 bits per heavy atom. The average Bonchev–Trinajstić information content (AvgIpc) is 2.63. The number of nitrogen functional groups attached to an aromatic ring is 1. The van der Waals surface area contributed by atoms with E-state index < -0.39 is 6.09 Å². The van der Waals surface area contributed by atoms with E-state index in [9.17, 15) is 4.79 Å². The summed E-state index contributed by atoms with van der Waals surface area (Å²) in [6, 6.07) is 3.21. The predicted molar refractivity (Wildman–Crippen MR) is 62.2 cm³/mol. The van der Waals surface area contributed by atoms with Crippen LogP contribution < -0.4 is 20.5 Å². The molecule has 1 amide bonds. The maximum atomic E-state index is 11.4. The van der Waals surface area contributed by atoms with E-state index in [2.05, 4.69) is 5.32 Å². The lowest BCUT2D eigenvalue weighted by atomic mass is 10.2. The average molecular weight is 238 g/mol. The van der Waals surface area contributed by atoms with Gasteiger partial charge in [0.2, 0.25) is 6.79 Å². The zero-order valence-electron chi connectivity index (χ0n) is 9.65. The number of amides is 1. The molecule has 0 bridgehead atoms. The highest BCUT2D eigenvalue weighted by molar-refractivity contribution is 5.90. The molecule has 0 saturated heterocycles. The number of fused-ring (bicyclic) bond motifs is 1. The van der Waals surface area contributed by atoms with Gasteiger partial charge in [0, 0.05) is 12.1 Å². The molecule has 0 aliphatic carbocycles. The number of ether oxygens (including phenoxy) is 3. The van der Waals surface area contributed by atoms with Crippen LogP contribution in [-0.2, 0) is 4.74 Å². The molecule has 0 radical (unpaired) electrons. The lowest BCUT2D eigenvalue weighted by Gasteiger charge is -2.11. The first-order valence-corrected chi connectivity index (χ1v) is 5.23. The topological polar surface area (TPSA) is 82.8 Å². The first-order valence-electron chi connectivity index (χ1n) is 5.23. The van der Waals surface area contributed by atoms with Gasteiger partial charge >= 0.3 is 6.09 Å². The van der Waals surface area contributed by atoms with Crippen molar-refractivity contribution in [3.05, 3.63) is 12.1 Å². The quantitative estimate of drug-likeness (QED) is 0.769. The van der Waals surface area contributed by atoms with Crippen LogP contribution in [0.4, 0.5) is 16.2 Å². The molecule has 1 aliphatic rings. The Hall–Kier alpha value is -2.11. The number of nitrogens with two attached hydrogens (primary N) is 1. The molecule has 2 rings (SSSR count). The molecular formula is C11H14N2O4. The maximum absolute atomic E-state index is 11.4. The Labute approximate surface area is 98.6 Å². The fraction of sp³-hybridized carbons (Fsp3) is 0.364. The molecular weight excluding hydrogens is 224 g/mol. The molecule has 1 heterocycles. The lowest BCUT2D eigenvalue weighted by Crippen LogP contribution is -2.18. The molecule has 1 aliphatic heterocycles. The van der Waals surface area contributed by atoms with Crippen LogP contribution in [0.5, 0.6) is 11.5 Å². The third kappa shape index (κ3) is 2.52. The van der Waals surface area contributed by atoms with E-state index in [1.807, 2.05) is 0 Å². The van der Waals surface area contributed by atoms with E-state index in [-0.39, 0.29) is 12.9 Å². The molecule has 0 spiro atoms. The number of carbonyl (C=O) groups is 1. The van der Waals surface area contributed by atoms with Crippen LogP contribution in [0.3, 0.4) is 0 Å². The Balaban J connectivity index is 2.13. The molecule has 1 aromatic rings. The van der Waals surface area contributed by atoms with E-state index in [1.165, 1.54) is 0 Å². The molecule has 0 atom stereocenters. The second kappa shape index (κ2) is 4.40. The van der Waals surface area contributed by atoms with Crippen molar-refractivity contribution in [1.29, 1.82) is 0 Å². The molecule has 0 fully saturated rings. The Morgan fingerprint density at radius 3 is 2.71 bits per heavy atom. The normalized spacial score (nSPS) is 12.6. The maximum Gasteiger partial charge on any atom is 0.411 e. The Morgan fingerprint density at radius 2 is 2.06 bits per heavy atom. The zero-order valence-corrected chi connectivity index (χ0v) is 9.65. The summed E-state index contributed by atoms with van der Waals surface area (Å²) in [6.45, 7) is 3.69. The second-order valence-electron chi connectivity index (χ2n) is 3.87. The van der Waals surface area contributed by atoms with E-state index in [0.29, 0.717) is 22.9 Å². The SMILES string of the molecule is CC(C)OC(=O)Nc1cc2c(cc1N)OCO2.